The average Bonchev–Trinajstić information content (AvgIpc) is 3.21. The number of piperidine rings is 1. The van der Waals surface area contributed by atoms with E-state index in [4.69, 9.17) is 18.9 Å². The zero-order valence-electron chi connectivity index (χ0n) is 17.8. The zero-order chi connectivity index (χ0) is 22.1. The van der Waals surface area contributed by atoms with Gasteiger partial charge in [-0.15, -0.1) is 0 Å². The summed E-state index contributed by atoms with van der Waals surface area (Å²) in [6.45, 7) is 3.70. The molecule has 1 aromatic carbocycles. The minimum atomic E-state index is -1.48. The van der Waals surface area contributed by atoms with E-state index in [9.17, 15) is 9.18 Å². The van der Waals surface area contributed by atoms with Crippen LogP contribution in [-0.2, 0) is 15.1 Å². The van der Waals surface area contributed by atoms with Crippen LogP contribution in [0.5, 0.6) is 11.5 Å². The molecule has 0 spiro atoms. The number of amides is 1. The molecule has 8 nitrogen and oxygen atoms in total. The van der Waals surface area contributed by atoms with Gasteiger partial charge in [-0.3, -0.25) is 4.79 Å². The van der Waals surface area contributed by atoms with E-state index in [2.05, 4.69) is 9.97 Å². The summed E-state index contributed by atoms with van der Waals surface area (Å²) in [6.07, 6.45) is 3.52. The van der Waals surface area contributed by atoms with Crippen LogP contribution in [0, 0.1) is 0 Å². The smallest absolute Gasteiger partial charge is 0.254 e. The average molecular weight is 431 g/mol. The molecule has 2 saturated heterocycles. The van der Waals surface area contributed by atoms with Gasteiger partial charge in [0.2, 0.25) is 0 Å². The number of carbonyl (C=O) groups excluding carboxylic acids is 1. The number of hydrogen-bond acceptors (Lipinski definition) is 7. The third-order valence-corrected chi connectivity index (χ3v) is 5.46. The Bertz CT molecular complexity index is 936. The van der Waals surface area contributed by atoms with Crippen molar-refractivity contribution in [1.82, 2.24) is 14.9 Å². The van der Waals surface area contributed by atoms with Gasteiger partial charge in [-0.2, -0.15) is 0 Å². The molecular weight excluding hydrogens is 405 g/mol. The number of likely N-dealkylation sites (tertiary alicyclic amines) is 1. The van der Waals surface area contributed by atoms with E-state index in [1.54, 1.807) is 41.6 Å². The van der Waals surface area contributed by atoms with Crippen LogP contribution in [0.25, 0.3) is 0 Å². The Balaban J connectivity index is 1.49. The fourth-order valence-corrected chi connectivity index (χ4v) is 3.85. The van der Waals surface area contributed by atoms with Crippen LogP contribution in [0.2, 0.25) is 0 Å². The molecule has 2 fully saturated rings. The first-order valence-electron chi connectivity index (χ1n) is 10.1. The molecule has 2 aromatic rings. The number of halogens is 1. The van der Waals surface area contributed by atoms with Crippen molar-refractivity contribution in [2.75, 3.05) is 33.6 Å². The highest BCUT2D eigenvalue weighted by atomic mass is 19.1. The van der Waals surface area contributed by atoms with E-state index in [0.29, 0.717) is 42.4 Å². The molecule has 2 aliphatic rings. The van der Waals surface area contributed by atoms with Crippen molar-refractivity contribution in [2.24, 2.45) is 0 Å². The van der Waals surface area contributed by atoms with E-state index in [-0.39, 0.29) is 25.4 Å². The van der Waals surface area contributed by atoms with Crippen molar-refractivity contribution in [1.29, 1.82) is 0 Å². The highest BCUT2D eigenvalue weighted by molar-refractivity contribution is 5.95. The van der Waals surface area contributed by atoms with E-state index >= 15 is 0 Å². The van der Waals surface area contributed by atoms with Gasteiger partial charge in [-0.1, -0.05) is 0 Å². The minimum absolute atomic E-state index is 0.120. The Labute approximate surface area is 180 Å². The second-order valence-corrected chi connectivity index (χ2v) is 8.25. The summed E-state index contributed by atoms with van der Waals surface area (Å²) in [7, 11) is 1.48. The molecule has 2 aliphatic heterocycles. The van der Waals surface area contributed by atoms with E-state index in [0.717, 1.165) is 0 Å². The molecule has 9 heteroatoms. The first-order valence-corrected chi connectivity index (χ1v) is 10.1. The number of fused-ring (bicyclic) bond motifs is 1. The molecule has 0 N–H and O–H groups in total. The molecule has 1 aromatic heterocycles. The summed E-state index contributed by atoms with van der Waals surface area (Å²) in [6, 6.07) is 6.63. The van der Waals surface area contributed by atoms with Gasteiger partial charge in [-0.25, -0.2) is 14.4 Å². The molecule has 1 amide bonds. The molecule has 2 atom stereocenters. The molecule has 31 heavy (non-hydrogen) atoms. The minimum Gasteiger partial charge on any atom is -0.493 e. The van der Waals surface area contributed by atoms with E-state index in [1.165, 1.54) is 21.0 Å². The van der Waals surface area contributed by atoms with Crippen LogP contribution in [0.15, 0.2) is 36.7 Å². The van der Waals surface area contributed by atoms with E-state index < -0.39 is 11.3 Å². The molecule has 0 aliphatic carbocycles. The van der Waals surface area contributed by atoms with Crippen LogP contribution in [0.4, 0.5) is 4.39 Å². The number of aromatic nitrogens is 2. The fourth-order valence-electron chi connectivity index (χ4n) is 3.85. The van der Waals surface area contributed by atoms with E-state index in [1.807, 2.05) is 0 Å². The van der Waals surface area contributed by atoms with Gasteiger partial charge in [-0.05, 0) is 38.1 Å². The number of nitrogens with zero attached hydrogens (tertiary/aromatic N) is 3. The molecule has 0 radical (unpaired) electrons. The normalized spacial score (nSPS) is 23.4. The summed E-state index contributed by atoms with van der Waals surface area (Å²) >= 11 is 0. The molecule has 166 valence electrons. The van der Waals surface area contributed by atoms with Gasteiger partial charge in [0, 0.05) is 30.9 Å². The summed E-state index contributed by atoms with van der Waals surface area (Å²) in [5.74, 6) is 1.17. The first kappa shape index (κ1) is 21.5. The Kier molecular flexibility index (Phi) is 5.81. The number of hydrogen-bond donors (Lipinski definition) is 0. The van der Waals surface area contributed by atoms with Gasteiger partial charge >= 0.3 is 0 Å². The summed E-state index contributed by atoms with van der Waals surface area (Å²) < 4.78 is 36.3. The summed E-state index contributed by atoms with van der Waals surface area (Å²) in [5.41, 5.74) is -1.77. The van der Waals surface area contributed by atoms with Crippen molar-refractivity contribution in [3.63, 3.8) is 0 Å². The van der Waals surface area contributed by atoms with Crippen molar-refractivity contribution < 1.29 is 28.1 Å². The van der Waals surface area contributed by atoms with Crippen molar-refractivity contribution >= 4 is 5.91 Å². The molecule has 0 saturated carbocycles. The monoisotopic (exact) mass is 431 g/mol. The number of benzene rings is 1. The van der Waals surface area contributed by atoms with Crippen LogP contribution >= 0.6 is 0 Å². The number of alkyl halides is 1. The lowest BCUT2D eigenvalue weighted by Crippen LogP contribution is -2.54. The second kappa shape index (κ2) is 8.39. The van der Waals surface area contributed by atoms with Crippen molar-refractivity contribution in [2.45, 2.75) is 37.6 Å². The lowest BCUT2D eigenvalue weighted by atomic mass is 9.87. The van der Waals surface area contributed by atoms with Crippen molar-refractivity contribution in [3.8, 4) is 11.5 Å². The maximum absolute atomic E-state index is 13.8. The molecule has 4 rings (SSSR count). The van der Waals surface area contributed by atoms with Gasteiger partial charge in [0.25, 0.3) is 5.91 Å². The third kappa shape index (κ3) is 4.33. The second-order valence-electron chi connectivity index (χ2n) is 8.25. The summed E-state index contributed by atoms with van der Waals surface area (Å²) in [4.78, 5) is 23.6. The molecule has 0 bridgehead atoms. The largest absolute Gasteiger partial charge is 0.493 e. The van der Waals surface area contributed by atoms with Crippen LogP contribution in [0.3, 0.4) is 0 Å². The van der Waals surface area contributed by atoms with Crippen molar-refractivity contribution in [3.05, 3.63) is 48.0 Å². The maximum atomic E-state index is 13.8. The predicted octanol–water partition coefficient (Wildman–Crippen LogP) is 2.73. The number of methoxy groups -OCH3 is 1. The van der Waals surface area contributed by atoms with Gasteiger partial charge < -0.3 is 23.8 Å². The predicted molar refractivity (Wildman–Crippen MR) is 109 cm³/mol. The lowest BCUT2D eigenvalue weighted by Gasteiger charge is -2.40. The zero-order valence-corrected chi connectivity index (χ0v) is 17.8. The molecular formula is C22H26FN3O5. The lowest BCUT2D eigenvalue weighted by molar-refractivity contribution is -0.0503. The van der Waals surface area contributed by atoms with Crippen LogP contribution < -0.4 is 9.47 Å². The molecule has 3 heterocycles. The fraction of sp³-hybridized carbons (Fsp3) is 0.500. The van der Waals surface area contributed by atoms with Gasteiger partial charge in [0.1, 0.15) is 25.2 Å². The van der Waals surface area contributed by atoms with Crippen LogP contribution in [-0.4, -0.2) is 66.1 Å². The topological polar surface area (TPSA) is 83.0 Å². The Morgan fingerprint density at radius 3 is 2.81 bits per heavy atom. The molecule has 2 unspecified atom stereocenters. The Morgan fingerprint density at radius 1 is 1.32 bits per heavy atom. The van der Waals surface area contributed by atoms with Gasteiger partial charge in [0.15, 0.2) is 22.9 Å². The number of rotatable bonds is 6. The SMILES string of the molecule is COc1cc(C(=O)N2CCC3(c4ncccn4)OCOC3C2)ccc1OCC(C)(C)F. The third-order valence-electron chi connectivity index (χ3n) is 5.46. The maximum Gasteiger partial charge on any atom is 0.254 e. The van der Waals surface area contributed by atoms with Crippen LogP contribution in [0.1, 0.15) is 36.5 Å². The highest BCUT2D eigenvalue weighted by Gasteiger charge is 2.53. The standard InChI is InChI=1S/C22H26FN3O5/c1-21(2,23)13-29-16-6-5-15(11-17(16)28-3)19(27)26-10-7-22(18(12-26)30-14-31-22)20-24-8-4-9-25-20/h4-6,8-9,11,18H,7,10,12-14H2,1-3H3. The Morgan fingerprint density at radius 2 is 2.10 bits per heavy atom. The highest BCUT2D eigenvalue weighted by Crippen LogP contribution is 2.41. The van der Waals surface area contributed by atoms with Gasteiger partial charge in [0.05, 0.1) is 13.7 Å². The number of ether oxygens (including phenoxy) is 4. The summed E-state index contributed by atoms with van der Waals surface area (Å²) in [5, 5.41) is 0. The first-order chi connectivity index (χ1) is 14.8. The Hall–Kier alpha value is -2.78. The number of carbonyl (C=O) groups is 1. The quantitative estimate of drug-likeness (QED) is 0.695.